The number of hydrogen-bond acceptors (Lipinski definition) is 6. The highest BCUT2D eigenvalue weighted by molar-refractivity contribution is 8.77. The first-order valence-electron chi connectivity index (χ1n) is 5.97. The molecule has 0 spiro atoms. The zero-order valence-electron chi connectivity index (χ0n) is 10.5. The van der Waals surface area contributed by atoms with Gasteiger partial charge in [-0.15, -0.1) is 0 Å². The Morgan fingerprint density at radius 1 is 1.15 bits per heavy atom. The van der Waals surface area contributed by atoms with Crippen molar-refractivity contribution in [3.05, 3.63) is 57.6 Å². The molecule has 0 atom stereocenters. The molecule has 3 aliphatic heterocycles. The summed E-state index contributed by atoms with van der Waals surface area (Å²) in [7, 11) is 5.19. The van der Waals surface area contributed by atoms with E-state index in [1.54, 1.807) is 10.8 Å². The quantitative estimate of drug-likeness (QED) is 0.588. The van der Waals surface area contributed by atoms with Gasteiger partial charge in [-0.3, -0.25) is 0 Å². The maximum atomic E-state index is 4.71. The van der Waals surface area contributed by atoms with E-state index < -0.39 is 0 Å². The lowest BCUT2D eigenvalue weighted by molar-refractivity contribution is 0.598. The van der Waals surface area contributed by atoms with Gasteiger partial charge in [0.2, 0.25) is 0 Å². The van der Waals surface area contributed by atoms with Gasteiger partial charge >= 0.3 is 0 Å². The Labute approximate surface area is 129 Å². The number of fused-ring (bicyclic) bond motifs is 1. The topological polar surface area (TPSA) is 42.1 Å². The molecule has 7 heteroatoms. The fourth-order valence-electron chi connectivity index (χ4n) is 2.06. The lowest BCUT2D eigenvalue weighted by Crippen LogP contribution is -2.33. The van der Waals surface area contributed by atoms with Crippen LogP contribution in [0.5, 0.6) is 0 Å². The van der Waals surface area contributed by atoms with E-state index in [1.807, 2.05) is 42.3 Å². The normalized spacial score (nSPS) is 20.6. The number of rotatable bonds is 1. The third-order valence-electron chi connectivity index (χ3n) is 3.06. The predicted octanol–water partition coefficient (Wildman–Crippen LogP) is 3.41. The lowest BCUT2D eigenvalue weighted by Gasteiger charge is -2.27. The summed E-state index contributed by atoms with van der Waals surface area (Å²) in [6, 6.07) is 10.0. The van der Waals surface area contributed by atoms with Crippen LogP contribution >= 0.6 is 33.7 Å². The highest BCUT2D eigenvalue weighted by Gasteiger charge is 2.32. The third-order valence-corrected chi connectivity index (χ3v) is 5.61. The van der Waals surface area contributed by atoms with Crippen LogP contribution in [0.3, 0.4) is 0 Å². The number of nitrogens with zero attached hydrogens (tertiary/aromatic N) is 4. The van der Waals surface area contributed by atoms with Crippen LogP contribution < -0.4 is 4.72 Å². The molecule has 20 heavy (non-hydrogen) atoms. The summed E-state index contributed by atoms with van der Waals surface area (Å²) in [6.07, 6.45) is 2.12. The first kappa shape index (κ1) is 12.4. The van der Waals surface area contributed by atoms with Gasteiger partial charge in [-0.2, -0.15) is 9.12 Å². The van der Waals surface area contributed by atoms with Gasteiger partial charge in [-0.05, 0) is 16.9 Å². The second kappa shape index (κ2) is 4.91. The van der Waals surface area contributed by atoms with Crippen LogP contribution in [0.4, 0.5) is 0 Å². The first-order chi connectivity index (χ1) is 9.83. The van der Waals surface area contributed by atoms with Crippen LogP contribution in [0.15, 0.2) is 61.4 Å². The smallest absolute Gasteiger partial charge is 0.169 e. The van der Waals surface area contributed by atoms with Gasteiger partial charge in [0.25, 0.3) is 0 Å². The fraction of sp³-hybridized carbons (Fsp3) is 0.0769. The van der Waals surface area contributed by atoms with Crippen molar-refractivity contribution in [1.29, 1.82) is 0 Å². The maximum Gasteiger partial charge on any atom is 0.169 e. The van der Waals surface area contributed by atoms with Crippen LogP contribution in [-0.2, 0) is 0 Å². The number of likely N-dealkylation sites (N-methyl/N-ethyl adjacent to an activating group) is 1. The van der Waals surface area contributed by atoms with Gasteiger partial charge in [0.05, 0.1) is 20.8 Å². The molecule has 99 valence electrons. The Bertz CT molecular complexity index is 691. The largest absolute Gasteiger partial charge is 0.312 e. The van der Waals surface area contributed by atoms with E-state index in [1.165, 1.54) is 27.8 Å². The summed E-state index contributed by atoms with van der Waals surface area (Å²) in [5.74, 6) is 2.67. The second-order valence-electron chi connectivity index (χ2n) is 4.31. The van der Waals surface area contributed by atoms with Crippen molar-refractivity contribution in [2.24, 2.45) is 9.39 Å². The van der Waals surface area contributed by atoms with Gasteiger partial charge in [0, 0.05) is 24.6 Å². The summed E-state index contributed by atoms with van der Waals surface area (Å²) < 4.78 is 8.95. The number of benzene rings is 1. The summed E-state index contributed by atoms with van der Waals surface area (Å²) in [5.41, 5.74) is 1.03. The maximum absolute atomic E-state index is 4.71. The molecule has 0 aromatic heterocycles. The van der Waals surface area contributed by atoms with E-state index in [2.05, 4.69) is 15.2 Å². The molecule has 1 aromatic carbocycles. The molecule has 3 aliphatic rings. The highest BCUT2D eigenvalue weighted by atomic mass is 33.1. The van der Waals surface area contributed by atoms with Crippen molar-refractivity contribution >= 4 is 45.4 Å². The Morgan fingerprint density at radius 2 is 2.00 bits per heavy atom. The molecule has 1 aromatic rings. The van der Waals surface area contributed by atoms with Crippen LogP contribution in [0.25, 0.3) is 0 Å². The molecule has 0 fully saturated rings. The monoisotopic (exact) mass is 317 g/mol. The summed E-state index contributed by atoms with van der Waals surface area (Å²) in [4.78, 5) is 9.01. The summed E-state index contributed by atoms with van der Waals surface area (Å²) >= 11 is 1.48. The molecule has 0 saturated carbocycles. The number of allylic oxidation sites excluding steroid dienone is 1. The summed E-state index contributed by atoms with van der Waals surface area (Å²) in [6.45, 7) is 0. The van der Waals surface area contributed by atoms with Gasteiger partial charge in [0.15, 0.2) is 17.5 Å². The van der Waals surface area contributed by atoms with Crippen molar-refractivity contribution in [2.75, 3.05) is 7.05 Å². The van der Waals surface area contributed by atoms with Gasteiger partial charge in [0.1, 0.15) is 0 Å². The van der Waals surface area contributed by atoms with E-state index in [9.17, 15) is 0 Å². The minimum absolute atomic E-state index is 0.761. The standard InChI is InChI=1S/C13H9N4S3/c1-17-12-9(7-10-13(17)16-20-19-10)18-15-11(14-12)8-5-3-2-4-6-8/h2-7H,1H3. The Kier molecular flexibility index (Phi) is 3.05. The lowest BCUT2D eigenvalue weighted by atomic mass is 10.2. The minimum atomic E-state index is 0.761. The molecule has 0 saturated heterocycles. The van der Waals surface area contributed by atoms with Crippen molar-refractivity contribution in [3.63, 3.8) is 0 Å². The van der Waals surface area contributed by atoms with Crippen LogP contribution in [0, 0.1) is 0 Å². The highest BCUT2D eigenvalue weighted by Crippen LogP contribution is 2.45. The number of hydrogen-bond donors (Lipinski definition) is 0. The molecule has 4 nitrogen and oxygen atoms in total. The van der Waals surface area contributed by atoms with Crippen molar-refractivity contribution in [2.45, 2.75) is 0 Å². The number of amidine groups is 2. The zero-order valence-corrected chi connectivity index (χ0v) is 12.9. The van der Waals surface area contributed by atoms with Gasteiger partial charge < -0.3 is 4.90 Å². The molecular formula is C13H9N4S3. The van der Waals surface area contributed by atoms with E-state index in [0.29, 0.717) is 0 Å². The van der Waals surface area contributed by atoms with Crippen molar-refractivity contribution in [1.82, 2.24) is 9.62 Å². The Morgan fingerprint density at radius 3 is 2.85 bits per heavy atom. The van der Waals surface area contributed by atoms with E-state index in [-0.39, 0.29) is 0 Å². The molecule has 0 unspecified atom stereocenters. The average molecular weight is 317 g/mol. The molecule has 1 radical (unpaired) electrons. The SMILES string of the molecule is CN1C2=NC(c3ccccc3)=NSC2=CC2=C1[N]SS2. The van der Waals surface area contributed by atoms with E-state index >= 15 is 0 Å². The van der Waals surface area contributed by atoms with Crippen LogP contribution in [-0.4, -0.2) is 23.6 Å². The van der Waals surface area contributed by atoms with Crippen LogP contribution in [0.2, 0.25) is 0 Å². The van der Waals surface area contributed by atoms with Gasteiger partial charge in [-0.1, -0.05) is 30.3 Å². The van der Waals surface area contributed by atoms with Gasteiger partial charge in [-0.25, -0.2) is 4.99 Å². The molecule has 0 bridgehead atoms. The van der Waals surface area contributed by atoms with Crippen LogP contribution in [0.1, 0.15) is 5.56 Å². The van der Waals surface area contributed by atoms with Crippen molar-refractivity contribution in [3.8, 4) is 0 Å². The number of aliphatic imine (C=N–C) groups is 1. The summed E-state index contributed by atoms with van der Waals surface area (Å²) in [5, 5.41) is 0. The molecule has 4 rings (SSSR count). The van der Waals surface area contributed by atoms with Crippen molar-refractivity contribution < 1.29 is 0 Å². The average Bonchev–Trinajstić information content (AvgIpc) is 2.97. The molecular weight excluding hydrogens is 308 g/mol. The second-order valence-corrected chi connectivity index (χ2v) is 7.00. The fourth-order valence-corrected chi connectivity index (χ4v) is 4.72. The zero-order chi connectivity index (χ0) is 13.5. The van der Waals surface area contributed by atoms with E-state index in [4.69, 9.17) is 4.99 Å². The third kappa shape index (κ3) is 1.97. The first-order valence-corrected chi connectivity index (χ1v) is 8.85. The Balaban J connectivity index is 1.74. The molecule has 0 N–H and O–H groups in total. The molecule has 0 aliphatic carbocycles. The molecule has 3 heterocycles. The molecule has 0 amide bonds. The Hall–Kier alpha value is -1.31. The van der Waals surface area contributed by atoms with E-state index in [0.717, 1.165) is 28.0 Å². The predicted molar refractivity (Wildman–Crippen MR) is 88.2 cm³/mol. The minimum Gasteiger partial charge on any atom is -0.312 e.